The molecule has 1 heterocycles. The van der Waals surface area contributed by atoms with E-state index in [1.807, 2.05) is 0 Å². The van der Waals surface area contributed by atoms with Gasteiger partial charge in [0, 0.05) is 18.5 Å². The van der Waals surface area contributed by atoms with Crippen LogP contribution in [0.4, 0.5) is 15.8 Å². The van der Waals surface area contributed by atoms with Gasteiger partial charge in [-0.25, -0.2) is 4.39 Å². The Morgan fingerprint density at radius 3 is 2.68 bits per heavy atom. The molecule has 2 rings (SSSR count). The zero-order valence-corrected chi connectivity index (χ0v) is 12.9. The van der Waals surface area contributed by atoms with E-state index in [9.17, 15) is 9.18 Å². The van der Waals surface area contributed by atoms with Crippen LogP contribution in [-0.4, -0.2) is 11.9 Å². The third-order valence-electron chi connectivity index (χ3n) is 2.98. The molecule has 104 valence electrons. The monoisotopic (exact) mass is 328 g/mol. The first-order valence-electron chi connectivity index (χ1n) is 6.30. The summed E-state index contributed by atoms with van der Waals surface area (Å²) in [5.74, 6) is -0.379. The SMILES string of the molecule is CC(C)(C)CC1CC(=O)Nc2cc(Br)c(F)cc2N1. The first-order chi connectivity index (χ1) is 8.74. The molecule has 0 bridgehead atoms. The highest BCUT2D eigenvalue weighted by Crippen LogP contribution is 2.34. The van der Waals surface area contributed by atoms with E-state index in [2.05, 4.69) is 47.3 Å². The lowest BCUT2D eigenvalue weighted by molar-refractivity contribution is -0.116. The van der Waals surface area contributed by atoms with Gasteiger partial charge < -0.3 is 10.6 Å². The van der Waals surface area contributed by atoms with Crippen LogP contribution in [0.5, 0.6) is 0 Å². The van der Waals surface area contributed by atoms with Crippen LogP contribution in [0.15, 0.2) is 16.6 Å². The second-order valence-corrected chi connectivity index (χ2v) is 7.02. The number of benzene rings is 1. The zero-order valence-electron chi connectivity index (χ0n) is 11.3. The standard InChI is InChI=1S/C14H18BrFN2O/c1-14(2,3)7-8-4-13(19)18-11-5-9(15)10(16)6-12(11)17-8/h5-6,8,17H,4,7H2,1-3H3,(H,18,19). The Labute approximate surface area is 121 Å². The lowest BCUT2D eigenvalue weighted by Crippen LogP contribution is -2.27. The van der Waals surface area contributed by atoms with E-state index >= 15 is 0 Å². The summed E-state index contributed by atoms with van der Waals surface area (Å²) in [4.78, 5) is 11.9. The van der Waals surface area contributed by atoms with Gasteiger partial charge in [-0.05, 0) is 33.8 Å². The van der Waals surface area contributed by atoms with E-state index in [0.29, 0.717) is 22.3 Å². The van der Waals surface area contributed by atoms with Crippen molar-refractivity contribution in [3.8, 4) is 0 Å². The van der Waals surface area contributed by atoms with Gasteiger partial charge in [0.25, 0.3) is 0 Å². The summed E-state index contributed by atoms with van der Waals surface area (Å²) in [7, 11) is 0. The number of nitrogens with one attached hydrogen (secondary N) is 2. The molecule has 1 atom stereocenters. The Hall–Kier alpha value is -1.10. The molecular formula is C14H18BrFN2O. The zero-order chi connectivity index (χ0) is 14.2. The largest absolute Gasteiger partial charge is 0.380 e. The lowest BCUT2D eigenvalue weighted by atomic mass is 9.87. The molecule has 1 aromatic carbocycles. The number of anilines is 2. The highest BCUT2D eigenvalue weighted by Gasteiger charge is 2.25. The van der Waals surface area contributed by atoms with Gasteiger partial charge in [-0.2, -0.15) is 0 Å². The molecule has 5 heteroatoms. The summed E-state index contributed by atoms with van der Waals surface area (Å²) in [5.41, 5.74) is 1.37. The Kier molecular flexibility index (Phi) is 3.85. The maximum Gasteiger partial charge on any atom is 0.226 e. The molecule has 0 spiro atoms. The number of carbonyl (C=O) groups is 1. The van der Waals surface area contributed by atoms with Crippen LogP contribution in [-0.2, 0) is 4.79 Å². The van der Waals surface area contributed by atoms with Crippen molar-refractivity contribution in [3.63, 3.8) is 0 Å². The smallest absolute Gasteiger partial charge is 0.226 e. The van der Waals surface area contributed by atoms with Crippen molar-refractivity contribution >= 4 is 33.2 Å². The Bertz CT molecular complexity index is 511. The third kappa shape index (κ3) is 3.69. The summed E-state index contributed by atoms with van der Waals surface area (Å²) >= 11 is 3.13. The van der Waals surface area contributed by atoms with Crippen molar-refractivity contribution in [3.05, 3.63) is 22.4 Å². The van der Waals surface area contributed by atoms with Gasteiger partial charge in [0.05, 0.1) is 15.8 Å². The van der Waals surface area contributed by atoms with E-state index < -0.39 is 0 Å². The minimum Gasteiger partial charge on any atom is -0.380 e. The average Bonchev–Trinajstić information content (AvgIpc) is 2.35. The molecule has 0 saturated carbocycles. The predicted molar refractivity (Wildman–Crippen MR) is 78.8 cm³/mol. The van der Waals surface area contributed by atoms with Gasteiger partial charge in [0.2, 0.25) is 5.91 Å². The van der Waals surface area contributed by atoms with Gasteiger partial charge >= 0.3 is 0 Å². The summed E-state index contributed by atoms with van der Waals surface area (Å²) in [5, 5.41) is 6.08. The number of rotatable bonds is 1. The van der Waals surface area contributed by atoms with Gasteiger partial charge in [0.15, 0.2) is 0 Å². The molecule has 0 aromatic heterocycles. The van der Waals surface area contributed by atoms with Crippen molar-refractivity contribution < 1.29 is 9.18 Å². The van der Waals surface area contributed by atoms with Gasteiger partial charge in [-0.1, -0.05) is 20.8 Å². The van der Waals surface area contributed by atoms with E-state index in [-0.39, 0.29) is 23.2 Å². The minimum absolute atomic E-state index is 0.0156. The fraction of sp³-hybridized carbons (Fsp3) is 0.500. The molecule has 1 aliphatic heterocycles. The maximum atomic E-state index is 13.6. The normalized spacial score (nSPS) is 19.2. The molecular weight excluding hydrogens is 311 g/mol. The molecule has 0 radical (unpaired) electrons. The van der Waals surface area contributed by atoms with Crippen molar-refractivity contribution in [1.82, 2.24) is 0 Å². The fourth-order valence-corrected chi connectivity index (χ4v) is 2.67. The Balaban J connectivity index is 2.30. The van der Waals surface area contributed by atoms with Crippen molar-refractivity contribution in [1.29, 1.82) is 0 Å². The third-order valence-corrected chi connectivity index (χ3v) is 3.59. The van der Waals surface area contributed by atoms with Crippen molar-refractivity contribution in [2.45, 2.75) is 39.7 Å². The molecule has 19 heavy (non-hydrogen) atoms. The highest BCUT2D eigenvalue weighted by molar-refractivity contribution is 9.10. The number of halogens is 2. The molecule has 0 aliphatic carbocycles. The van der Waals surface area contributed by atoms with E-state index in [1.54, 1.807) is 6.07 Å². The Morgan fingerprint density at radius 2 is 2.05 bits per heavy atom. The quantitative estimate of drug-likeness (QED) is 0.813. The van der Waals surface area contributed by atoms with Crippen LogP contribution in [0.25, 0.3) is 0 Å². The summed E-state index contributed by atoms with van der Waals surface area (Å²) in [6.45, 7) is 6.38. The fourth-order valence-electron chi connectivity index (χ4n) is 2.33. The number of carbonyl (C=O) groups excluding carboxylic acids is 1. The summed E-state index contributed by atoms with van der Waals surface area (Å²) in [6, 6.07) is 3.03. The highest BCUT2D eigenvalue weighted by atomic mass is 79.9. The van der Waals surface area contributed by atoms with Crippen LogP contribution >= 0.6 is 15.9 Å². The molecule has 3 nitrogen and oxygen atoms in total. The average molecular weight is 329 g/mol. The molecule has 1 amide bonds. The second-order valence-electron chi connectivity index (χ2n) is 6.17. The maximum absolute atomic E-state index is 13.6. The molecule has 2 N–H and O–H groups in total. The van der Waals surface area contributed by atoms with Gasteiger partial charge in [-0.15, -0.1) is 0 Å². The molecule has 0 fully saturated rings. The molecule has 1 aliphatic rings. The van der Waals surface area contributed by atoms with Crippen LogP contribution in [0.2, 0.25) is 0 Å². The van der Waals surface area contributed by atoms with Crippen LogP contribution in [0.3, 0.4) is 0 Å². The van der Waals surface area contributed by atoms with Gasteiger partial charge in [-0.3, -0.25) is 4.79 Å². The van der Waals surface area contributed by atoms with Crippen molar-refractivity contribution in [2.24, 2.45) is 5.41 Å². The first kappa shape index (κ1) is 14.3. The predicted octanol–water partition coefficient (Wildman–Crippen LogP) is 4.15. The van der Waals surface area contributed by atoms with Crippen LogP contribution < -0.4 is 10.6 Å². The number of fused-ring (bicyclic) bond motifs is 1. The number of amides is 1. The number of hydrogen-bond donors (Lipinski definition) is 2. The topological polar surface area (TPSA) is 41.1 Å². The van der Waals surface area contributed by atoms with E-state index in [1.165, 1.54) is 6.07 Å². The van der Waals surface area contributed by atoms with Crippen molar-refractivity contribution in [2.75, 3.05) is 10.6 Å². The van der Waals surface area contributed by atoms with Crippen LogP contribution in [0, 0.1) is 11.2 Å². The number of hydrogen-bond acceptors (Lipinski definition) is 2. The van der Waals surface area contributed by atoms with Crippen LogP contribution in [0.1, 0.15) is 33.6 Å². The molecule has 0 saturated heterocycles. The minimum atomic E-state index is -0.336. The first-order valence-corrected chi connectivity index (χ1v) is 7.09. The summed E-state index contributed by atoms with van der Waals surface area (Å²) in [6.07, 6.45) is 1.24. The van der Waals surface area contributed by atoms with E-state index in [4.69, 9.17) is 0 Å². The summed E-state index contributed by atoms with van der Waals surface area (Å²) < 4.78 is 14.0. The molecule has 1 aromatic rings. The van der Waals surface area contributed by atoms with Gasteiger partial charge in [0.1, 0.15) is 5.82 Å². The second kappa shape index (κ2) is 5.12. The Morgan fingerprint density at radius 1 is 1.37 bits per heavy atom. The van der Waals surface area contributed by atoms with E-state index in [0.717, 1.165) is 6.42 Å². The lowest BCUT2D eigenvalue weighted by Gasteiger charge is -2.25. The molecule has 1 unspecified atom stereocenters.